The van der Waals surface area contributed by atoms with Gasteiger partial charge in [-0.15, -0.1) is 11.3 Å². The number of nitrogens with zero attached hydrogens (tertiary/aromatic N) is 3. The van der Waals surface area contributed by atoms with Gasteiger partial charge in [-0.05, 0) is 36.6 Å². The Bertz CT molecular complexity index is 1260. The van der Waals surface area contributed by atoms with E-state index in [0.29, 0.717) is 17.5 Å². The van der Waals surface area contributed by atoms with Crippen LogP contribution in [-0.4, -0.2) is 9.55 Å². The van der Waals surface area contributed by atoms with Gasteiger partial charge in [-0.25, -0.2) is 4.98 Å². The summed E-state index contributed by atoms with van der Waals surface area (Å²) in [6, 6.07) is 15.8. The molecule has 0 atom stereocenters. The predicted octanol–water partition coefficient (Wildman–Crippen LogP) is 4.66. The summed E-state index contributed by atoms with van der Waals surface area (Å²) in [7, 11) is 0. The van der Waals surface area contributed by atoms with E-state index in [0.717, 1.165) is 27.1 Å². The van der Waals surface area contributed by atoms with E-state index >= 15 is 0 Å². The van der Waals surface area contributed by atoms with E-state index in [1.165, 1.54) is 16.9 Å². The van der Waals surface area contributed by atoms with E-state index in [2.05, 4.69) is 43.1 Å². The summed E-state index contributed by atoms with van der Waals surface area (Å²) in [5.74, 6) is 0. The van der Waals surface area contributed by atoms with Gasteiger partial charge in [0.05, 0.1) is 29.9 Å². The lowest BCUT2D eigenvalue weighted by Gasteiger charge is -2.09. The van der Waals surface area contributed by atoms with Crippen molar-refractivity contribution in [2.24, 2.45) is 0 Å². The molecule has 0 aliphatic rings. The fraction of sp³-hybridized carbons (Fsp3) is 0.136. The van der Waals surface area contributed by atoms with Crippen molar-refractivity contribution in [3.05, 3.63) is 86.8 Å². The smallest absolute Gasteiger partial charge is 0.263 e. The number of fused-ring (bicyclic) bond motifs is 1. The average Bonchev–Trinajstić information content (AvgIpc) is 3.09. The average molecular weight is 371 g/mol. The molecule has 4 rings (SSSR count). The first-order valence-corrected chi connectivity index (χ1v) is 9.48. The number of thiophene rings is 1. The lowest BCUT2D eigenvalue weighted by atomic mass is 9.99. The molecule has 2 aromatic heterocycles. The molecule has 27 heavy (non-hydrogen) atoms. The van der Waals surface area contributed by atoms with Crippen molar-refractivity contribution in [3.8, 4) is 17.2 Å². The van der Waals surface area contributed by atoms with Gasteiger partial charge in [0, 0.05) is 10.9 Å². The first-order chi connectivity index (χ1) is 13.1. The second-order valence-corrected chi connectivity index (χ2v) is 7.45. The van der Waals surface area contributed by atoms with E-state index in [4.69, 9.17) is 0 Å². The molecule has 4 aromatic rings. The molecule has 0 spiro atoms. The van der Waals surface area contributed by atoms with Gasteiger partial charge in [-0.3, -0.25) is 9.36 Å². The topological polar surface area (TPSA) is 58.7 Å². The van der Waals surface area contributed by atoms with Crippen LogP contribution in [0.25, 0.3) is 21.3 Å². The molecule has 2 heterocycles. The Balaban J connectivity index is 1.87. The lowest BCUT2D eigenvalue weighted by molar-refractivity contribution is 0.748. The van der Waals surface area contributed by atoms with Crippen LogP contribution >= 0.6 is 11.3 Å². The van der Waals surface area contributed by atoms with Crippen LogP contribution in [0.1, 0.15) is 22.3 Å². The van der Waals surface area contributed by atoms with Crippen LogP contribution < -0.4 is 5.56 Å². The summed E-state index contributed by atoms with van der Waals surface area (Å²) in [5, 5.41) is 11.9. The Kier molecular flexibility index (Phi) is 4.35. The van der Waals surface area contributed by atoms with Crippen molar-refractivity contribution >= 4 is 21.6 Å². The molecule has 0 aliphatic carbocycles. The Hall–Kier alpha value is -3.23. The minimum absolute atomic E-state index is 0.0797. The van der Waals surface area contributed by atoms with E-state index < -0.39 is 0 Å². The number of benzene rings is 2. The Morgan fingerprint density at radius 2 is 1.96 bits per heavy atom. The Morgan fingerprint density at radius 1 is 1.15 bits per heavy atom. The molecular formula is C22H17N3OS. The largest absolute Gasteiger partial charge is 0.294 e. The zero-order valence-electron chi connectivity index (χ0n) is 15.1. The maximum atomic E-state index is 13.2. The van der Waals surface area contributed by atoms with Crippen molar-refractivity contribution in [3.63, 3.8) is 0 Å². The Labute approximate surface area is 161 Å². The number of nitriles is 1. The third-order valence-electron chi connectivity index (χ3n) is 4.71. The van der Waals surface area contributed by atoms with Gasteiger partial charge in [0.2, 0.25) is 0 Å². The molecule has 0 saturated heterocycles. The van der Waals surface area contributed by atoms with E-state index in [-0.39, 0.29) is 5.56 Å². The molecule has 0 fully saturated rings. The zero-order valence-corrected chi connectivity index (χ0v) is 15.9. The quantitative estimate of drug-likeness (QED) is 0.526. The molecule has 132 valence electrons. The molecule has 0 unspecified atom stereocenters. The van der Waals surface area contributed by atoms with Gasteiger partial charge in [-0.2, -0.15) is 5.26 Å². The van der Waals surface area contributed by atoms with Gasteiger partial charge in [0.15, 0.2) is 0 Å². The minimum Gasteiger partial charge on any atom is -0.294 e. The van der Waals surface area contributed by atoms with Crippen LogP contribution in [-0.2, 0) is 6.54 Å². The summed E-state index contributed by atoms with van der Waals surface area (Å²) in [4.78, 5) is 18.4. The number of hydrogen-bond acceptors (Lipinski definition) is 4. The minimum atomic E-state index is -0.0797. The van der Waals surface area contributed by atoms with E-state index in [1.807, 2.05) is 23.6 Å². The van der Waals surface area contributed by atoms with Crippen molar-refractivity contribution in [1.29, 1.82) is 5.26 Å². The highest BCUT2D eigenvalue weighted by Gasteiger charge is 2.15. The number of aryl methyl sites for hydroxylation is 2. The fourth-order valence-corrected chi connectivity index (χ4v) is 4.24. The first kappa shape index (κ1) is 17.2. The standard InChI is InChI=1S/C22H17N3OS/c1-14-7-8-18(15(2)9-14)19-12-27-21-20(19)22(26)25(13-24-21)11-17-6-4-3-5-16(17)10-23/h3-9,12-13H,11H2,1-2H3. The molecule has 0 radical (unpaired) electrons. The second-order valence-electron chi connectivity index (χ2n) is 6.59. The van der Waals surface area contributed by atoms with Gasteiger partial charge >= 0.3 is 0 Å². The summed E-state index contributed by atoms with van der Waals surface area (Å²) in [6.07, 6.45) is 1.57. The third-order valence-corrected chi connectivity index (χ3v) is 5.60. The van der Waals surface area contributed by atoms with E-state index in [1.54, 1.807) is 17.0 Å². The number of aromatic nitrogens is 2. The summed E-state index contributed by atoms with van der Waals surface area (Å²) >= 11 is 1.48. The van der Waals surface area contributed by atoms with Crippen LogP contribution in [0.3, 0.4) is 0 Å². The lowest BCUT2D eigenvalue weighted by Crippen LogP contribution is -2.21. The van der Waals surface area contributed by atoms with Crippen molar-refractivity contribution < 1.29 is 0 Å². The normalized spacial score (nSPS) is 10.9. The van der Waals surface area contributed by atoms with Crippen LogP contribution in [0.4, 0.5) is 0 Å². The molecule has 2 aromatic carbocycles. The van der Waals surface area contributed by atoms with Crippen molar-refractivity contribution in [1.82, 2.24) is 9.55 Å². The first-order valence-electron chi connectivity index (χ1n) is 8.61. The fourth-order valence-electron chi connectivity index (χ4n) is 3.34. The van der Waals surface area contributed by atoms with E-state index in [9.17, 15) is 10.1 Å². The monoisotopic (exact) mass is 371 g/mol. The highest BCUT2D eigenvalue weighted by molar-refractivity contribution is 7.17. The molecule has 0 aliphatic heterocycles. The highest BCUT2D eigenvalue weighted by atomic mass is 32.1. The molecule has 0 N–H and O–H groups in total. The third kappa shape index (κ3) is 3.05. The predicted molar refractivity (Wildman–Crippen MR) is 109 cm³/mol. The summed E-state index contributed by atoms with van der Waals surface area (Å²) in [6.45, 7) is 4.45. The molecule has 0 bridgehead atoms. The summed E-state index contributed by atoms with van der Waals surface area (Å²) in [5.41, 5.74) is 5.62. The van der Waals surface area contributed by atoms with Crippen LogP contribution in [0, 0.1) is 25.2 Å². The number of rotatable bonds is 3. The number of hydrogen-bond donors (Lipinski definition) is 0. The van der Waals surface area contributed by atoms with Crippen LogP contribution in [0.2, 0.25) is 0 Å². The second kappa shape index (κ2) is 6.82. The molecule has 5 heteroatoms. The highest BCUT2D eigenvalue weighted by Crippen LogP contribution is 2.33. The van der Waals surface area contributed by atoms with Gasteiger partial charge in [0.1, 0.15) is 4.83 Å². The van der Waals surface area contributed by atoms with Crippen LogP contribution in [0.5, 0.6) is 0 Å². The molecule has 0 amide bonds. The van der Waals surface area contributed by atoms with Gasteiger partial charge < -0.3 is 0 Å². The Morgan fingerprint density at radius 3 is 2.74 bits per heavy atom. The van der Waals surface area contributed by atoms with Gasteiger partial charge in [-0.1, -0.05) is 42.0 Å². The van der Waals surface area contributed by atoms with Gasteiger partial charge in [0.25, 0.3) is 5.56 Å². The maximum Gasteiger partial charge on any atom is 0.263 e. The molecule has 0 saturated carbocycles. The van der Waals surface area contributed by atoms with Crippen molar-refractivity contribution in [2.75, 3.05) is 0 Å². The van der Waals surface area contributed by atoms with Crippen LogP contribution in [0.15, 0.2) is 59.0 Å². The van der Waals surface area contributed by atoms with Crippen molar-refractivity contribution in [2.45, 2.75) is 20.4 Å². The molecular weight excluding hydrogens is 354 g/mol. The molecule has 4 nitrogen and oxygen atoms in total. The zero-order chi connectivity index (χ0) is 19.0. The maximum absolute atomic E-state index is 13.2. The summed E-state index contributed by atoms with van der Waals surface area (Å²) < 4.78 is 1.58. The SMILES string of the molecule is Cc1ccc(-c2csc3ncn(Cc4ccccc4C#N)c(=O)c23)c(C)c1.